The van der Waals surface area contributed by atoms with Crippen LogP contribution in [0.2, 0.25) is 0 Å². The topological polar surface area (TPSA) is 124 Å². The van der Waals surface area contributed by atoms with Crippen molar-refractivity contribution in [3.05, 3.63) is 28.3 Å². The van der Waals surface area contributed by atoms with Gasteiger partial charge in [-0.05, 0) is 12.1 Å². The van der Waals surface area contributed by atoms with Gasteiger partial charge in [0.1, 0.15) is 23.6 Å². The number of nitrogens with one attached hydrogen (secondary N) is 1. The summed E-state index contributed by atoms with van der Waals surface area (Å²) < 4.78 is 4.86. The fraction of sp³-hybridized carbons (Fsp3) is 0.100. The predicted octanol–water partition coefficient (Wildman–Crippen LogP) is 1.42. The number of hydrazone groups is 1. The Hall–Kier alpha value is -3.13. The molecule has 18 heavy (non-hydrogen) atoms. The molecule has 0 unspecified atom stereocenters. The zero-order valence-corrected chi connectivity index (χ0v) is 9.25. The Morgan fingerprint density at radius 2 is 2.17 bits per heavy atom. The third kappa shape index (κ3) is 2.93. The van der Waals surface area contributed by atoms with Gasteiger partial charge in [-0.1, -0.05) is 0 Å². The molecular weight excluding hydrogens is 238 g/mol. The third-order valence-electron chi connectivity index (χ3n) is 1.90. The van der Waals surface area contributed by atoms with Crippen LogP contribution in [0, 0.1) is 32.8 Å². The molecule has 8 heteroatoms. The molecule has 90 valence electrons. The van der Waals surface area contributed by atoms with Gasteiger partial charge in [0, 0.05) is 0 Å². The molecule has 0 heterocycles. The first kappa shape index (κ1) is 12.9. The largest absolute Gasteiger partial charge is 0.496 e. The number of ether oxygens (including phenoxy) is 1. The summed E-state index contributed by atoms with van der Waals surface area (Å²) in [6.07, 6.45) is 0. The van der Waals surface area contributed by atoms with Gasteiger partial charge in [-0.25, -0.2) is 0 Å². The molecule has 1 rings (SSSR count). The van der Waals surface area contributed by atoms with Gasteiger partial charge >= 0.3 is 0 Å². The summed E-state index contributed by atoms with van der Waals surface area (Å²) in [5, 5.41) is 31.2. The van der Waals surface area contributed by atoms with Crippen molar-refractivity contribution in [2.75, 3.05) is 12.5 Å². The van der Waals surface area contributed by atoms with Crippen molar-refractivity contribution >= 4 is 17.1 Å². The molecule has 0 aromatic heterocycles. The van der Waals surface area contributed by atoms with Crippen LogP contribution < -0.4 is 10.2 Å². The lowest BCUT2D eigenvalue weighted by Gasteiger charge is -2.04. The van der Waals surface area contributed by atoms with Gasteiger partial charge < -0.3 is 4.74 Å². The predicted molar refractivity (Wildman–Crippen MR) is 61.9 cm³/mol. The summed E-state index contributed by atoms with van der Waals surface area (Å²) in [4.78, 5) is 10.2. The van der Waals surface area contributed by atoms with E-state index < -0.39 is 10.6 Å². The lowest BCUT2D eigenvalue weighted by Crippen LogP contribution is -2.00. The molecule has 0 amide bonds. The van der Waals surface area contributed by atoms with Gasteiger partial charge in [-0.3, -0.25) is 15.5 Å². The first-order chi connectivity index (χ1) is 8.62. The number of anilines is 1. The van der Waals surface area contributed by atoms with Crippen LogP contribution in [-0.2, 0) is 0 Å². The van der Waals surface area contributed by atoms with Crippen molar-refractivity contribution in [3.63, 3.8) is 0 Å². The molecule has 0 aliphatic rings. The number of nitriles is 2. The van der Waals surface area contributed by atoms with Gasteiger partial charge in [0.15, 0.2) is 0 Å². The van der Waals surface area contributed by atoms with E-state index in [1.807, 2.05) is 0 Å². The smallest absolute Gasteiger partial charge is 0.297 e. The van der Waals surface area contributed by atoms with Crippen LogP contribution in [0.5, 0.6) is 5.75 Å². The molecule has 0 atom stereocenters. The van der Waals surface area contributed by atoms with Gasteiger partial charge in [0.25, 0.3) is 5.69 Å². The number of nitro groups is 1. The second-order valence-electron chi connectivity index (χ2n) is 2.94. The maximum Gasteiger partial charge on any atom is 0.297 e. The molecule has 0 radical (unpaired) electrons. The molecular formula is C10H7N5O3. The van der Waals surface area contributed by atoms with Crippen molar-refractivity contribution < 1.29 is 9.66 Å². The van der Waals surface area contributed by atoms with E-state index in [1.165, 1.54) is 37.4 Å². The Morgan fingerprint density at radius 3 is 2.67 bits per heavy atom. The number of rotatable bonds is 4. The van der Waals surface area contributed by atoms with Crippen LogP contribution in [0.25, 0.3) is 0 Å². The number of nitro benzene ring substituents is 1. The highest BCUT2D eigenvalue weighted by Crippen LogP contribution is 2.28. The molecule has 1 aromatic carbocycles. The minimum Gasteiger partial charge on any atom is -0.496 e. The molecule has 0 fully saturated rings. The minimum atomic E-state index is -0.626. The molecule has 8 nitrogen and oxygen atoms in total. The highest BCUT2D eigenvalue weighted by Gasteiger charge is 2.14. The van der Waals surface area contributed by atoms with E-state index in [0.717, 1.165) is 0 Å². The Labute approximate surface area is 102 Å². The van der Waals surface area contributed by atoms with Gasteiger partial charge in [0.05, 0.1) is 18.1 Å². The molecule has 0 spiro atoms. The van der Waals surface area contributed by atoms with Crippen LogP contribution in [0.4, 0.5) is 11.4 Å². The van der Waals surface area contributed by atoms with Crippen molar-refractivity contribution in [1.29, 1.82) is 10.5 Å². The summed E-state index contributed by atoms with van der Waals surface area (Å²) in [5.74, 6) is 0.317. The highest BCUT2D eigenvalue weighted by molar-refractivity contribution is 6.10. The first-order valence-electron chi connectivity index (χ1n) is 4.58. The van der Waals surface area contributed by atoms with E-state index in [1.54, 1.807) is 0 Å². The average Bonchev–Trinajstić information content (AvgIpc) is 2.39. The van der Waals surface area contributed by atoms with Crippen molar-refractivity contribution in [1.82, 2.24) is 0 Å². The number of hydrogen-bond acceptors (Lipinski definition) is 7. The highest BCUT2D eigenvalue weighted by atomic mass is 16.6. The maximum absolute atomic E-state index is 10.8. The lowest BCUT2D eigenvalue weighted by atomic mass is 10.2. The first-order valence-corrected chi connectivity index (χ1v) is 4.58. The second-order valence-corrected chi connectivity index (χ2v) is 2.94. The molecule has 0 bridgehead atoms. The van der Waals surface area contributed by atoms with E-state index in [9.17, 15) is 10.1 Å². The zero-order valence-electron chi connectivity index (χ0n) is 9.25. The van der Waals surface area contributed by atoms with Gasteiger partial charge in [0.2, 0.25) is 5.71 Å². The van der Waals surface area contributed by atoms with Crippen LogP contribution in [0.3, 0.4) is 0 Å². The number of hydrogen-bond donors (Lipinski definition) is 1. The third-order valence-corrected chi connectivity index (χ3v) is 1.90. The molecule has 0 aliphatic heterocycles. The average molecular weight is 245 g/mol. The molecule has 0 saturated carbocycles. The van der Waals surface area contributed by atoms with E-state index >= 15 is 0 Å². The molecule has 1 aromatic rings. The van der Waals surface area contributed by atoms with E-state index in [-0.39, 0.29) is 11.4 Å². The summed E-state index contributed by atoms with van der Waals surface area (Å²) >= 11 is 0. The lowest BCUT2D eigenvalue weighted by molar-refractivity contribution is -0.384. The quantitative estimate of drug-likeness (QED) is 0.485. The van der Waals surface area contributed by atoms with Gasteiger partial charge in [-0.15, -0.1) is 0 Å². The standard InChI is InChI=1S/C10H7N5O3/c1-18-8-2-3-9(10(4-8)15(16)17)14-13-7(5-11)6-12/h2-4,14H,1H3. The summed E-state index contributed by atoms with van der Waals surface area (Å²) in [6.45, 7) is 0. The number of methoxy groups -OCH3 is 1. The van der Waals surface area contributed by atoms with Crippen molar-refractivity contribution in [2.45, 2.75) is 0 Å². The SMILES string of the molecule is COc1ccc(NN=C(C#N)C#N)c([N+](=O)[O-])c1. The monoisotopic (exact) mass is 245 g/mol. The Bertz CT molecular complexity index is 566. The molecule has 1 N–H and O–H groups in total. The Morgan fingerprint density at radius 1 is 1.50 bits per heavy atom. The second kappa shape index (κ2) is 5.82. The van der Waals surface area contributed by atoms with Gasteiger partial charge in [-0.2, -0.15) is 15.6 Å². The molecule has 0 saturated heterocycles. The minimum absolute atomic E-state index is 0.0591. The molecule has 0 aliphatic carbocycles. The fourth-order valence-electron chi connectivity index (χ4n) is 1.08. The van der Waals surface area contributed by atoms with Crippen molar-refractivity contribution in [3.8, 4) is 17.9 Å². The zero-order chi connectivity index (χ0) is 13.5. The fourth-order valence-corrected chi connectivity index (χ4v) is 1.08. The van der Waals surface area contributed by atoms with Crippen molar-refractivity contribution in [2.24, 2.45) is 5.10 Å². The van der Waals surface area contributed by atoms with E-state index in [0.29, 0.717) is 5.75 Å². The maximum atomic E-state index is 10.8. The van der Waals surface area contributed by atoms with Crippen LogP contribution >= 0.6 is 0 Å². The van der Waals surface area contributed by atoms with Crippen LogP contribution in [-0.4, -0.2) is 17.7 Å². The Balaban J connectivity index is 3.11. The van der Waals surface area contributed by atoms with Crippen LogP contribution in [0.15, 0.2) is 23.3 Å². The van der Waals surface area contributed by atoms with E-state index in [2.05, 4.69) is 10.5 Å². The summed E-state index contributed by atoms with van der Waals surface area (Å²) in [5.41, 5.74) is 1.65. The Kier molecular flexibility index (Phi) is 4.18. The van der Waals surface area contributed by atoms with Crippen LogP contribution in [0.1, 0.15) is 0 Å². The normalized spacial score (nSPS) is 8.61. The summed E-state index contributed by atoms with van der Waals surface area (Å²) in [6, 6.07) is 7.11. The van der Waals surface area contributed by atoms with E-state index in [4.69, 9.17) is 15.3 Å². The number of nitrogens with zero attached hydrogens (tertiary/aromatic N) is 4. The number of benzene rings is 1. The summed E-state index contributed by atoms with van der Waals surface area (Å²) in [7, 11) is 1.38.